The van der Waals surface area contributed by atoms with Crippen molar-refractivity contribution in [2.45, 2.75) is 29.7 Å². The highest BCUT2D eigenvalue weighted by atomic mass is 35.5. The summed E-state index contributed by atoms with van der Waals surface area (Å²) in [5.41, 5.74) is 1.12. The normalized spacial score (nSPS) is 19.9. The molecule has 0 atom stereocenters. The van der Waals surface area contributed by atoms with E-state index in [4.69, 9.17) is 11.6 Å². The first-order valence-electron chi connectivity index (χ1n) is 9.04. The first kappa shape index (κ1) is 22.2. The van der Waals surface area contributed by atoms with Gasteiger partial charge < -0.3 is 0 Å². The van der Waals surface area contributed by atoms with Crippen LogP contribution in [-0.4, -0.2) is 46.5 Å². The van der Waals surface area contributed by atoms with Crippen molar-refractivity contribution < 1.29 is 21.2 Å². The highest BCUT2D eigenvalue weighted by Crippen LogP contribution is 2.37. The lowest BCUT2D eigenvalue weighted by molar-refractivity contribution is 0.326. The fourth-order valence-electron chi connectivity index (χ4n) is 3.19. The molecule has 3 rings (SSSR count). The number of benzene rings is 2. The first-order chi connectivity index (χ1) is 13.6. The molecule has 0 heterocycles. The predicted molar refractivity (Wildman–Crippen MR) is 110 cm³/mol. The Bertz CT molecular complexity index is 1050. The molecule has 0 radical (unpaired) electrons. The van der Waals surface area contributed by atoms with Gasteiger partial charge >= 0.3 is 0 Å². The van der Waals surface area contributed by atoms with Crippen LogP contribution in [0.1, 0.15) is 24.3 Å². The van der Waals surface area contributed by atoms with Crippen molar-refractivity contribution in [3.05, 3.63) is 64.9 Å². The summed E-state index contributed by atoms with van der Waals surface area (Å²) in [6, 6.07) is 11.7. The molecule has 1 saturated carbocycles. The maximum Gasteiger partial charge on any atom is 0.242 e. The lowest BCUT2D eigenvalue weighted by Gasteiger charge is -2.36. The van der Waals surface area contributed by atoms with E-state index < -0.39 is 25.9 Å². The molecule has 0 aromatic heterocycles. The number of hydrogen-bond donors (Lipinski definition) is 1. The Balaban J connectivity index is 1.51. The Kier molecular flexibility index (Phi) is 6.64. The summed E-state index contributed by atoms with van der Waals surface area (Å²) < 4.78 is 66.2. The van der Waals surface area contributed by atoms with Gasteiger partial charge in [0.25, 0.3) is 0 Å². The van der Waals surface area contributed by atoms with Gasteiger partial charge in [-0.1, -0.05) is 23.7 Å². The summed E-state index contributed by atoms with van der Waals surface area (Å²) in [6.45, 7) is -0.206. The van der Waals surface area contributed by atoms with Crippen molar-refractivity contribution in [2.75, 3.05) is 19.3 Å². The van der Waals surface area contributed by atoms with Gasteiger partial charge in [-0.2, -0.15) is 4.31 Å². The van der Waals surface area contributed by atoms with Crippen molar-refractivity contribution in [3.63, 3.8) is 0 Å². The number of nitrogens with one attached hydrogen (secondary N) is 1. The average Bonchev–Trinajstić information content (AvgIpc) is 2.64. The summed E-state index contributed by atoms with van der Waals surface area (Å²) in [6.07, 6.45) is 1.37. The number of hydrogen-bond acceptors (Lipinski definition) is 4. The summed E-state index contributed by atoms with van der Waals surface area (Å²) in [5.74, 6) is -0.622. The minimum absolute atomic E-state index is 0.0865. The maximum atomic E-state index is 13.0. The van der Waals surface area contributed by atoms with Gasteiger partial charge in [0.1, 0.15) is 5.82 Å². The minimum atomic E-state index is -3.88. The molecule has 0 unspecified atom stereocenters. The van der Waals surface area contributed by atoms with E-state index in [0.29, 0.717) is 17.9 Å². The average molecular weight is 461 g/mol. The molecule has 2 aromatic rings. The van der Waals surface area contributed by atoms with Crippen LogP contribution < -0.4 is 4.72 Å². The second-order valence-corrected chi connectivity index (χ2v) is 11.5. The Morgan fingerprint density at radius 3 is 2.21 bits per heavy atom. The van der Waals surface area contributed by atoms with Gasteiger partial charge in [-0.05, 0) is 60.7 Å². The van der Waals surface area contributed by atoms with Crippen molar-refractivity contribution in [1.82, 2.24) is 9.03 Å². The van der Waals surface area contributed by atoms with Gasteiger partial charge in [-0.25, -0.2) is 25.9 Å². The van der Waals surface area contributed by atoms with E-state index in [0.717, 1.165) is 34.1 Å². The zero-order chi connectivity index (χ0) is 21.2. The van der Waals surface area contributed by atoms with Crippen LogP contribution >= 0.6 is 11.6 Å². The highest BCUT2D eigenvalue weighted by molar-refractivity contribution is 7.90. The third-order valence-corrected chi connectivity index (χ3v) is 8.56. The van der Waals surface area contributed by atoms with Crippen molar-refractivity contribution in [2.24, 2.45) is 0 Å². The van der Waals surface area contributed by atoms with E-state index in [9.17, 15) is 21.2 Å². The van der Waals surface area contributed by atoms with Crippen LogP contribution in [0, 0.1) is 5.82 Å². The van der Waals surface area contributed by atoms with Crippen LogP contribution in [-0.2, 0) is 20.0 Å². The van der Waals surface area contributed by atoms with Gasteiger partial charge in [0, 0.05) is 24.7 Å². The predicted octanol–water partition coefficient (Wildman–Crippen LogP) is 2.97. The lowest BCUT2D eigenvalue weighted by Crippen LogP contribution is -2.45. The van der Waals surface area contributed by atoms with E-state index >= 15 is 0 Å². The van der Waals surface area contributed by atoms with Crippen LogP contribution in [0.25, 0.3) is 0 Å². The maximum absolute atomic E-state index is 13.0. The fourth-order valence-corrected chi connectivity index (χ4v) is 5.93. The molecule has 0 bridgehead atoms. The zero-order valence-corrected chi connectivity index (χ0v) is 18.1. The van der Waals surface area contributed by atoms with E-state index in [2.05, 4.69) is 4.72 Å². The van der Waals surface area contributed by atoms with Crippen LogP contribution in [0.15, 0.2) is 53.4 Å². The minimum Gasteiger partial charge on any atom is -0.212 e. The molecule has 10 heteroatoms. The standard InChI is InChI=1S/C19H22ClFN2O4S2/c1-23(29(26,27)19-8-6-17(21)7-9-19)10-11-28(24,25)22-18-12-15(13-18)14-2-4-16(20)5-3-14/h2-9,15,18,22H,10-13H2,1H3. The second-order valence-electron chi connectivity index (χ2n) is 7.13. The lowest BCUT2D eigenvalue weighted by atomic mass is 9.76. The third-order valence-electron chi connectivity index (χ3n) is 5.02. The molecule has 1 aliphatic carbocycles. The fraction of sp³-hybridized carbons (Fsp3) is 0.368. The van der Waals surface area contributed by atoms with Crippen LogP contribution in [0.4, 0.5) is 4.39 Å². The summed E-state index contributed by atoms with van der Waals surface area (Å²) in [7, 11) is -6.22. The highest BCUT2D eigenvalue weighted by Gasteiger charge is 2.33. The largest absolute Gasteiger partial charge is 0.242 e. The van der Waals surface area contributed by atoms with Gasteiger partial charge in [0.05, 0.1) is 10.6 Å². The molecule has 1 N–H and O–H groups in total. The Labute approximate surface area is 175 Å². The SMILES string of the molecule is CN(CCS(=O)(=O)NC1CC(c2ccc(Cl)cc2)C1)S(=O)(=O)c1ccc(F)cc1. The van der Waals surface area contributed by atoms with Crippen LogP contribution in [0.5, 0.6) is 0 Å². The number of sulfonamides is 2. The molecule has 6 nitrogen and oxygen atoms in total. The van der Waals surface area contributed by atoms with Crippen molar-refractivity contribution in [3.8, 4) is 0 Å². The van der Waals surface area contributed by atoms with Gasteiger partial charge in [-0.15, -0.1) is 0 Å². The first-order valence-corrected chi connectivity index (χ1v) is 12.5. The Hall–Kier alpha value is -1.52. The molecule has 2 aromatic carbocycles. The van der Waals surface area contributed by atoms with Gasteiger partial charge in [-0.3, -0.25) is 0 Å². The van der Waals surface area contributed by atoms with Crippen molar-refractivity contribution in [1.29, 1.82) is 0 Å². The summed E-state index contributed by atoms with van der Waals surface area (Å²) in [5, 5.41) is 0.657. The Morgan fingerprint density at radius 2 is 1.62 bits per heavy atom. The second kappa shape index (κ2) is 8.69. The number of rotatable bonds is 8. The molecule has 1 aliphatic rings. The van der Waals surface area contributed by atoms with E-state index in [1.807, 2.05) is 24.3 Å². The molecule has 29 heavy (non-hydrogen) atoms. The zero-order valence-electron chi connectivity index (χ0n) is 15.8. The molecule has 0 aliphatic heterocycles. The van der Waals surface area contributed by atoms with Crippen LogP contribution in [0.3, 0.4) is 0 Å². The van der Waals surface area contributed by atoms with E-state index in [1.54, 1.807) is 0 Å². The molecule has 0 amide bonds. The van der Waals surface area contributed by atoms with Crippen molar-refractivity contribution >= 4 is 31.6 Å². The smallest absolute Gasteiger partial charge is 0.212 e. The molecule has 1 fully saturated rings. The third kappa shape index (κ3) is 5.55. The molecule has 0 spiro atoms. The summed E-state index contributed by atoms with van der Waals surface area (Å²) >= 11 is 5.88. The molecule has 0 saturated heterocycles. The van der Waals surface area contributed by atoms with Gasteiger partial charge in [0.2, 0.25) is 20.0 Å². The molecular formula is C19H22ClFN2O4S2. The monoisotopic (exact) mass is 460 g/mol. The van der Waals surface area contributed by atoms with Crippen LogP contribution in [0.2, 0.25) is 5.02 Å². The van der Waals surface area contributed by atoms with E-state index in [-0.39, 0.29) is 29.2 Å². The Morgan fingerprint density at radius 1 is 1.03 bits per heavy atom. The molecular weight excluding hydrogens is 439 g/mol. The topological polar surface area (TPSA) is 83.6 Å². The van der Waals surface area contributed by atoms with E-state index in [1.165, 1.54) is 7.05 Å². The van der Waals surface area contributed by atoms with Gasteiger partial charge in [0.15, 0.2) is 0 Å². The summed E-state index contributed by atoms with van der Waals surface area (Å²) in [4.78, 5) is -0.0865. The number of nitrogens with zero attached hydrogens (tertiary/aromatic N) is 1. The molecule has 158 valence electrons. The number of halogens is 2. The quantitative estimate of drug-likeness (QED) is 0.656.